The first-order chi connectivity index (χ1) is 8.22. The Labute approximate surface area is 116 Å². The van der Waals surface area contributed by atoms with Crippen LogP contribution in [0.5, 0.6) is 0 Å². The highest BCUT2D eigenvalue weighted by Crippen LogP contribution is 2.34. The Kier molecular flexibility index (Phi) is 4.71. The van der Waals surface area contributed by atoms with E-state index in [9.17, 15) is 0 Å². The number of nitrogens with one attached hydrogen (secondary N) is 1. The Balaban J connectivity index is 2.02. The van der Waals surface area contributed by atoms with E-state index >= 15 is 0 Å². The van der Waals surface area contributed by atoms with E-state index in [-0.39, 0.29) is 0 Å². The van der Waals surface area contributed by atoms with Crippen LogP contribution in [0.4, 0.5) is 5.69 Å². The third-order valence-electron chi connectivity index (χ3n) is 3.14. The Morgan fingerprint density at radius 3 is 3.12 bits per heavy atom. The molecule has 0 amide bonds. The molecule has 0 bridgehead atoms. The van der Waals surface area contributed by atoms with E-state index in [2.05, 4.69) is 39.1 Å². The van der Waals surface area contributed by atoms with Gasteiger partial charge in [0.25, 0.3) is 0 Å². The van der Waals surface area contributed by atoms with Crippen LogP contribution in [0.2, 0.25) is 5.02 Å². The van der Waals surface area contributed by atoms with Crippen LogP contribution in [0.15, 0.2) is 22.7 Å². The van der Waals surface area contributed by atoms with Crippen molar-refractivity contribution in [2.45, 2.75) is 25.8 Å². The monoisotopic (exact) mass is 316 g/mol. The number of hydrogen-bond acceptors (Lipinski definition) is 2. The van der Waals surface area contributed by atoms with Gasteiger partial charge in [-0.2, -0.15) is 0 Å². The largest absolute Gasteiger partial charge is 0.369 e. The van der Waals surface area contributed by atoms with E-state index in [1.165, 1.54) is 18.5 Å². The molecule has 0 saturated carbocycles. The Morgan fingerprint density at radius 1 is 1.53 bits per heavy atom. The molecular formula is C13H18BrClN2. The summed E-state index contributed by atoms with van der Waals surface area (Å²) in [7, 11) is 0. The number of benzene rings is 1. The maximum absolute atomic E-state index is 6.12. The van der Waals surface area contributed by atoms with Crippen molar-refractivity contribution in [2.75, 3.05) is 24.5 Å². The molecule has 1 N–H and O–H groups in total. The molecule has 1 unspecified atom stereocenters. The quantitative estimate of drug-likeness (QED) is 0.911. The first-order valence-corrected chi connectivity index (χ1v) is 7.31. The molecule has 1 aromatic rings. The van der Waals surface area contributed by atoms with Crippen molar-refractivity contribution in [1.82, 2.24) is 5.32 Å². The lowest BCUT2D eigenvalue weighted by Gasteiger charge is -2.21. The fourth-order valence-electron chi connectivity index (χ4n) is 2.23. The molecule has 1 aromatic carbocycles. The number of nitrogens with zero attached hydrogens (tertiary/aromatic N) is 1. The van der Waals surface area contributed by atoms with Crippen molar-refractivity contribution in [2.24, 2.45) is 0 Å². The number of rotatable bonds is 4. The molecule has 2 rings (SSSR count). The van der Waals surface area contributed by atoms with Gasteiger partial charge in [0.1, 0.15) is 0 Å². The van der Waals surface area contributed by atoms with Gasteiger partial charge in [0.15, 0.2) is 0 Å². The summed E-state index contributed by atoms with van der Waals surface area (Å²) in [6.07, 6.45) is 2.40. The highest BCUT2D eigenvalue weighted by atomic mass is 79.9. The van der Waals surface area contributed by atoms with Crippen LogP contribution >= 0.6 is 27.5 Å². The summed E-state index contributed by atoms with van der Waals surface area (Å²) in [5.74, 6) is 0. The summed E-state index contributed by atoms with van der Waals surface area (Å²) in [5.41, 5.74) is 1.21. The predicted molar refractivity (Wildman–Crippen MR) is 78.1 cm³/mol. The van der Waals surface area contributed by atoms with E-state index in [1.54, 1.807) is 0 Å². The fraction of sp³-hybridized carbons (Fsp3) is 0.538. The van der Waals surface area contributed by atoms with Crippen molar-refractivity contribution < 1.29 is 0 Å². The number of hydrogen-bond donors (Lipinski definition) is 1. The standard InChI is InChI=1S/C13H18BrClN2/c1-2-7-16-10-6-8-17(9-10)12-5-3-4-11(15)13(12)14/h3-5,10,16H,2,6-9H2,1H3. The molecule has 0 aromatic heterocycles. The second-order valence-electron chi connectivity index (χ2n) is 4.46. The molecule has 4 heteroatoms. The summed E-state index contributed by atoms with van der Waals surface area (Å²) >= 11 is 9.69. The minimum atomic E-state index is 0.612. The topological polar surface area (TPSA) is 15.3 Å². The van der Waals surface area contributed by atoms with Crippen LogP contribution in [-0.4, -0.2) is 25.7 Å². The van der Waals surface area contributed by atoms with Gasteiger partial charge in [-0.3, -0.25) is 0 Å². The SMILES string of the molecule is CCCNC1CCN(c2cccc(Cl)c2Br)C1. The van der Waals surface area contributed by atoms with Gasteiger partial charge < -0.3 is 10.2 Å². The molecule has 1 fully saturated rings. The Hall–Kier alpha value is -0.250. The van der Waals surface area contributed by atoms with Crippen molar-refractivity contribution in [3.05, 3.63) is 27.7 Å². The summed E-state index contributed by atoms with van der Waals surface area (Å²) < 4.78 is 1.01. The lowest BCUT2D eigenvalue weighted by Crippen LogP contribution is -2.33. The lowest BCUT2D eigenvalue weighted by molar-refractivity contribution is 0.549. The second-order valence-corrected chi connectivity index (χ2v) is 5.66. The molecule has 1 heterocycles. The van der Waals surface area contributed by atoms with Gasteiger partial charge in [0.05, 0.1) is 15.2 Å². The molecule has 1 atom stereocenters. The van der Waals surface area contributed by atoms with Gasteiger partial charge in [-0.1, -0.05) is 24.6 Å². The number of anilines is 1. The maximum Gasteiger partial charge on any atom is 0.0595 e. The summed E-state index contributed by atoms with van der Waals surface area (Å²) in [6, 6.07) is 6.66. The predicted octanol–water partition coefficient (Wildman–Crippen LogP) is 3.68. The van der Waals surface area contributed by atoms with E-state index in [1.807, 2.05) is 12.1 Å². The second kappa shape index (κ2) is 6.07. The zero-order valence-corrected chi connectivity index (χ0v) is 12.4. The fourth-order valence-corrected chi connectivity index (χ4v) is 2.92. The summed E-state index contributed by atoms with van der Waals surface area (Å²) in [5, 5.41) is 4.36. The van der Waals surface area contributed by atoms with Crippen LogP contribution in [0.3, 0.4) is 0 Å². The first kappa shape index (κ1) is 13.2. The Bertz CT molecular complexity index is 384. The zero-order chi connectivity index (χ0) is 12.3. The zero-order valence-electron chi connectivity index (χ0n) is 10.0. The van der Waals surface area contributed by atoms with Gasteiger partial charge in [-0.15, -0.1) is 0 Å². The molecule has 94 valence electrons. The third kappa shape index (κ3) is 3.15. The molecule has 1 aliphatic heterocycles. The maximum atomic E-state index is 6.12. The molecule has 2 nitrogen and oxygen atoms in total. The van der Waals surface area contributed by atoms with Crippen LogP contribution in [0.1, 0.15) is 19.8 Å². The van der Waals surface area contributed by atoms with Crippen molar-refractivity contribution >= 4 is 33.2 Å². The van der Waals surface area contributed by atoms with Gasteiger partial charge in [-0.25, -0.2) is 0 Å². The van der Waals surface area contributed by atoms with Crippen molar-refractivity contribution in [1.29, 1.82) is 0 Å². The molecule has 0 aliphatic carbocycles. The molecule has 0 radical (unpaired) electrons. The van der Waals surface area contributed by atoms with Gasteiger partial charge in [0, 0.05) is 19.1 Å². The summed E-state index contributed by atoms with van der Waals surface area (Å²) in [4.78, 5) is 2.39. The van der Waals surface area contributed by atoms with Crippen molar-refractivity contribution in [3.8, 4) is 0 Å². The Morgan fingerprint density at radius 2 is 2.35 bits per heavy atom. The summed E-state index contributed by atoms with van der Waals surface area (Å²) in [6.45, 7) is 5.47. The van der Waals surface area contributed by atoms with E-state index in [0.717, 1.165) is 29.1 Å². The lowest BCUT2D eigenvalue weighted by atomic mass is 10.2. The first-order valence-electron chi connectivity index (χ1n) is 6.14. The smallest absolute Gasteiger partial charge is 0.0595 e. The molecule has 17 heavy (non-hydrogen) atoms. The van der Waals surface area contributed by atoms with Gasteiger partial charge in [0.2, 0.25) is 0 Å². The normalized spacial score (nSPS) is 19.9. The molecule has 1 saturated heterocycles. The highest BCUT2D eigenvalue weighted by Gasteiger charge is 2.23. The van der Waals surface area contributed by atoms with Crippen LogP contribution in [0, 0.1) is 0 Å². The van der Waals surface area contributed by atoms with Crippen molar-refractivity contribution in [3.63, 3.8) is 0 Å². The van der Waals surface area contributed by atoms with Gasteiger partial charge in [-0.05, 0) is 47.4 Å². The highest BCUT2D eigenvalue weighted by molar-refractivity contribution is 9.10. The minimum absolute atomic E-state index is 0.612. The third-order valence-corrected chi connectivity index (χ3v) is 4.52. The number of halogens is 2. The van der Waals surface area contributed by atoms with Crippen LogP contribution < -0.4 is 10.2 Å². The average Bonchev–Trinajstić information content (AvgIpc) is 2.78. The van der Waals surface area contributed by atoms with Crippen LogP contribution in [0.25, 0.3) is 0 Å². The van der Waals surface area contributed by atoms with Crippen LogP contribution in [-0.2, 0) is 0 Å². The minimum Gasteiger partial charge on any atom is -0.369 e. The average molecular weight is 318 g/mol. The van der Waals surface area contributed by atoms with E-state index in [0.29, 0.717) is 6.04 Å². The van der Waals surface area contributed by atoms with Gasteiger partial charge >= 0.3 is 0 Å². The van der Waals surface area contributed by atoms with E-state index < -0.39 is 0 Å². The molecular weight excluding hydrogens is 300 g/mol. The molecule has 0 spiro atoms. The molecule has 1 aliphatic rings. The van der Waals surface area contributed by atoms with E-state index in [4.69, 9.17) is 11.6 Å².